The number of halogens is 1. The van der Waals surface area contributed by atoms with Crippen LogP contribution in [-0.4, -0.2) is 18.0 Å². The molecule has 0 aliphatic heterocycles. The summed E-state index contributed by atoms with van der Waals surface area (Å²) in [4.78, 5) is 22.3. The zero-order valence-corrected chi connectivity index (χ0v) is 12.9. The van der Waals surface area contributed by atoms with E-state index in [4.69, 9.17) is 4.74 Å². The largest absolute Gasteiger partial charge is 0.444 e. The van der Waals surface area contributed by atoms with Crippen molar-refractivity contribution in [2.24, 2.45) is 0 Å². The van der Waals surface area contributed by atoms with Crippen LogP contribution in [0.3, 0.4) is 0 Å². The summed E-state index contributed by atoms with van der Waals surface area (Å²) in [5.74, 6) is 0. The highest BCUT2D eigenvalue weighted by atomic mass is 79.9. The molecule has 0 spiro atoms. The summed E-state index contributed by atoms with van der Waals surface area (Å²) >= 11 is 4.86. The Bertz CT molecular complexity index is 425. The van der Waals surface area contributed by atoms with Gasteiger partial charge in [-0.1, -0.05) is 0 Å². The predicted molar refractivity (Wildman–Crippen MR) is 74.8 cm³/mol. The van der Waals surface area contributed by atoms with Crippen molar-refractivity contribution in [1.82, 2.24) is 5.32 Å². The molecule has 0 aliphatic carbocycles. The lowest BCUT2D eigenvalue weighted by Gasteiger charge is -2.22. The molecule has 0 aromatic carbocycles. The fourth-order valence-corrected chi connectivity index (χ4v) is 2.56. The van der Waals surface area contributed by atoms with Gasteiger partial charge < -0.3 is 14.8 Å². The van der Waals surface area contributed by atoms with Gasteiger partial charge in [0.05, 0.1) is 9.83 Å². The van der Waals surface area contributed by atoms with Gasteiger partial charge in [-0.2, -0.15) is 0 Å². The molecule has 0 saturated heterocycles. The summed E-state index contributed by atoms with van der Waals surface area (Å²) in [7, 11) is 0. The van der Waals surface area contributed by atoms with E-state index in [1.807, 2.05) is 11.4 Å². The standard InChI is InChI=1S/C12H16BrNO3S/c1-12(2,3)17-11(16)14-9(4-5-15)8-6-10(13)18-7-8/h5-7,9H,4H2,1-3H3,(H,14,16)/t9-/m1/s1. The quantitative estimate of drug-likeness (QED) is 0.855. The number of alkyl carbamates (subject to hydrolysis) is 1. The van der Waals surface area contributed by atoms with E-state index in [2.05, 4.69) is 21.2 Å². The van der Waals surface area contributed by atoms with Gasteiger partial charge in [0.2, 0.25) is 0 Å². The van der Waals surface area contributed by atoms with Crippen LogP contribution in [0.5, 0.6) is 0 Å². The summed E-state index contributed by atoms with van der Waals surface area (Å²) in [6.07, 6.45) is 0.493. The highest BCUT2D eigenvalue weighted by Crippen LogP contribution is 2.26. The average Bonchev–Trinajstić information content (AvgIpc) is 2.61. The maximum absolute atomic E-state index is 11.7. The molecule has 1 heterocycles. The summed E-state index contributed by atoms with van der Waals surface area (Å²) in [6.45, 7) is 5.38. The highest BCUT2D eigenvalue weighted by Gasteiger charge is 2.20. The number of ether oxygens (including phenoxy) is 1. The van der Waals surface area contributed by atoms with E-state index < -0.39 is 11.7 Å². The van der Waals surface area contributed by atoms with Crippen molar-refractivity contribution in [2.75, 3.05) is 0 Å². The molecule has 0 aliphatic rings. The number of rotatable bonds is 4. The smallest absolute Gasteiger partial charge is 0.408 e. The van der Waals surface area contributed by atoms with E-state index in [1.165, 1.54) is 11.3 Å². The lowest BCUT2D eigenvalue weighted by molar-refractivity contribution is -0.108. The molecule has 0 fully saturated rings. The van der Waals surface area contributed by atoms with Gasteiger partial charge in [0, 0.05) is 6.42 Å². The van der Waals surface area contributed by atoms with Crippen molar-refractivity contribution < 1.29 is 14.3 Å². The molecule has 0 unspecified atom stereocenters. The van der Waals surface area contributed by atoms with Gasteiger partial charge in [-0.05, 0) is 53.7 Å². The number of aldehydes is 1. The van der Waals surface area contributed by atoms with Crippen LogP contribution >= 0.6 is 27.3 Å². The number of carbonyl (C=O) groups excluding carboxylic acids is 2. The van der Waals surface area contributed by atoms with Crippen LogP contribution in [0.25, 0.3) is 0 Å². The Kier molecular flexibility index (Phi) is 5.34. The molecule has 1 rings (SSSR count). The Morgan fingerprint density at radius 3 is 2.72 bits per heavy atom. The molecule has 4 nitrogen and oxygen atoms in total. The van der Waals surface area contributed by atoms with Gasteiger partial charge in [0.1, 0.15) is 11.9 Å². The topological polar surface area (TPSA) is 55.4 Å². The molecule has 1 amide bonds. The summed E-state index contributed by atoms with van der Waals surface area (Å²) in [5.41, 5.74) is 0.343. The third-order valence-corrected chi connectivity index (χ3v) is 3.54. The number of thiophene rings is 1. The Morgan fingerprint density at radius 1 is 1.61 bits per heavy atom. The van der Waals surface area contributed by atoms with Crippen molar-refractivity contribution >= 4 is 39.6 Å². The zero-order chi connectivity index (χ0) is 13.8. The van der Waals surface area contributed by atoms with Crippen molar-refractivity contribution in [3.8, 4) is 0 Å². The van der Waals surface area contributed by atoms with Crippen LogP contribution in [-0.2, 0) is 9.53 Å². The molecule has 1 N–H and O–H groups in total. The van der Waals surface area contributed by atoms with Crippen LogP contribution in [0.1, 0.15) is 38.8 Å². The summed E-state index contributed by atoms with van der Waals surface area (Å²) < 4.78 is 6.13. The predicted octanol–water partition coefficient (Wildman–Crippen LogP) is 3.67. The van der Waals surface area contributed by atoms with E-state index >= 15 is 0 Å². The lowest BCUT2D eigenvalue weighted by atomic mass is 10.1. The van der Waals surface area contributed by atoms with Crippen LogP contribution in [0.4, 0.5) is 4.79 Å². The third-order valence-electron chi connectivity index (χ3n) is 2.01. The van der Waals surface area contributed by atoms with Gasteiger partial charge in [-0.25, -0.2) is 4.79 Å². The second-order valence-electron chi connectivity index (χ2n) is 4.79. The summed E-state index contributed by atoms with van der Waals surface area (Å²) in [5, 5.41) is 4.60. The van der Waals surface area contributed by atoms with Gasteiger partial charge in [0.25, 0.3) is 0 Å². The van der Waals surface area contributed by atoms with E-state index in [9.17, 15) is 9.59 Å². The second-order valence-corrected chi connectivity index (χ2v) is 7.08. The first-order valence-electron chi connectivity index (χ1n) is 5.49. The van der Waals surface area contributed by atoms with Gasteiger partial charge in [0.15, 0.2) is 0 Å². The number of carbonyl (C=O) groups is 2. The molecule has 1 aromatic heterocycles. The Balaban J connectivity index is 2.69. The number of hydrogen-bond donors (Lipinski definition) is 1. The molecule has 18 heavy (non-hydrogen) atoms. The molecule has 100 valence electrons. The molecule has 6 heteroatoms. The minimum Gasteiger partial charge on any atom is -0.444 e. The van der Waals surface area contributed by atoms with E-state index in [-0.39, 0.29) is 12.5 Å². The number of amides is 1. The third kappa shape index (κ3) is 5.18. The van der Waals surface area contributed by atoms with Gasteiger partial charge in [-0.3, -0.25) is 0 Å². The maximum atomic E-state index is 11.7. The Morgan fingerprint density at radius 2 is 2.28 bits per heavy atom. The van der Waals surface area contributed by atoms with Gasteiger partial charge in [-0.15, -0.1) is 11.3 Å². The van der Waals surface area contributed by atoms with E-state index in [0.29, 0.717) is 0 Å². The zero-order valence-electron chi connectivity index (χ0n) is 10.5. The van der Waals surface area contributed by atoms with E-state index in [1.54, 1.807) is 20.8 Å². The Labute approximate surface area is 119 Å². The van der Waals surface area contributed by atoms with Crippen molar-refractivity contribution in [2.45, 2.75) is 38.8 Å². The number of nitrogens with one attached hydrogen (secondary N) is 1. The first kappa shape index (κ1) is 15.2. The molecular weight excluding hydrogens is 318 g/mol. The summed E-state index contributed by atoms with van der Waals surface area (Å²) in [6, 6.07) is 1.54. The van der Waals surface area contributed by atoms with Gasteiger partial charge >= 0.3 is 6.09 Å². The second kappa shape index (κ2) is 6.33. The molecule has 0 saturated carbocycles. The normalized spacial score (nSPS) is 12.9. The first-order valence-corrected chi connectivity index (χ1v) is 7.16. The molecule has 1 atom stereocenters. The van der Waals surface area contributed by atoms with Crippen molar-refractivity contribution in [1.29, 1.82) is 0 Å². The maximum Gasteiger partial charge on any atom is 0.408 e. The fraction of sp³-hybridized carbons (Fsp3) is 0.500. The number of hydrogen-bond acceptors (Lipinski definition) is 4. The SMILES string of the molecule is CC(C)(C)OC(=O)N[C@H](CC=O)c1csc(Br)c1. The minimum atomic E-state index is -0.551. The molecular formula is C12H16BrNO3S. The lowest BCUT2D eigenvalue weighted by Crippen LogP contribution is -2.35. The molecule has 0 radical (unpaired) electrons. The van der Waals surface area contributed by atoms with Crippen LogP contribution in [0, 0.1) is 0 Å². The van der Waals surface area contributed by atoms with Crippen LogP contribution in [0.15, 0.2) is 15.2 Å². The monoisotopic (exact) mass is 333 g/mol. The van der Waals surface area contributed by atoms with Crippen LogP contribution in [0.2, 0.25) is 0 Å². The Hall–Kier alpha value is -0.880. The fourth-order valence-electron chi connectivity index (χ4n) is 1.33. The molecule has 1 aromatic rings. The average molecular weight is 334 g/mol. The van der Waals surface area contributed by atoms with E-state index in [0.717, 1.165) is 15.6 Å². The van der Waals surface area contributed by atoms with Crippen molar-refractivity contribution in [3.63, 3.8) is 0 Å². The first-order chi connectivity index (χ1) is 8.31. The highest BCUT2D eigenvalue weighted by molar-refractivity contribution is 9.11. The van der Waals surface area contributed by atoms with Crippen molar-refractivity contribution in [3.05, 3.63) is 20.8 Å². The molecule has 0 bridgehead atoms. The minimum absolute atomic E-state index is 0.225. The van der Waals surface area contributed by atoms with Crippen LogP contribution < -0.4 is 5.32 Å².